The first kappa shape index (κ1) is 41.5. The Morgan fingerprint density at radius 2 is 0.963 bits per heavy atom. The Morgan fingerprint density at radius 3 is 1.41 bits per heavy atom. The van der Waals surface area contributed by atoms with Crippen molar-refractivity contribution in [3.05, 3.63) is 198 Å². The normalized spacial score (nSPS) is 11.9. The van der Waals surface area contributed by atoms with Crippen LogP contribution in [0.5, 0.6) is 0 Å². The van der Waals surface area contributed by atoms with Crippen LogP contribution in [0.25, 0.3) is 33.4 Å². The SMILES string of the molecule is CC(C)(C)c1cc2c([c-]c1-c1ccccc1)Cc1cc(-c3ccccc3)c(C(C)(C)C)cc1-2.Cl[Si](Cl)(c1ccccc1)c1ccccc1.[Zr+2].c1cc[cH-]c1. The Hall–Kier alpha value is -3.65. The van der Waals surface area contributed by atoms with Crippen LogP contribution in [0.4, 0.5) is 0 Å². The van der Waals surface area contributed by atoms with Crippen LogP contribution in [0.2, 0.25) is 0 Å². The van der Waals surface area contributed by atoms with Gasteiger partial charge in [0.15, 0.2) is 0 Å². The van der Waals surface area contributed by atoms with Crippen molar-refractivity contribution in [2.24, 2.45) is 0 Å². The molecule has 54 heavy (non-hydrogen) atoms. The van der Waals surface area contributed by atoms with Crippen molar-refractivity contribution in [2.75, 3.05) is 0 Å². The van der Waals surface area contributed by atoms with E-state index in [1.54, 1.807) is 0 Å². The van der Waals surface area contributed by atoms with E-state index in [1.807, 2.05) is 91.0 Å². The molecule has 0 atom stereocenters. The molecule has 0 fully saturated rings. The minimum atomic E-state index is -2.51. The Kier molecular flexibility index (Phi) is 13.7. The topological polar surface area (TPSA) is 0 Å². The Labute approximate surface area is 353 Å². The second-order valence-corrected chi connectivity index (χ2v) is 22.0. The van der Waals surface area contributed by atoms with Crippen molar-refractivity contribution >= 4 is 39.2 Å². The summed E-state index contributed by atoms with van der Waals surface area (Å²) < 4.78 is 0. The third kappa shape index (κ3) is 9.77. The van der Waals surface area contributed by atoms with E-state index in [4.69, 9.17) is 22.2 Å². The van der Waals surface area contributed by atoms with Gasteiger partial charge in [0.1, 0.15) is 0 Å². The molecule has 8 rings (SSSR count). The molecule has 1 aliphatic rings. The van der Waals surface area contributed by atoms with Crippen LogP contribution in [0.3, 0.4) is 0 Å². The second kappa shape index (κ2) is 17.9. The van der Waals surface area contributed by atoms with E-state index < -0.39 is 6.69 Å². The molecule has 0 bridgehead atoms. The molecule has 7 aromatic carbocycles. The molecule has 0 saturated heterocycles. The summed E-state index contributed by atoms with van der Waals surface area (Å²) in [5, 5.41) is 2.05. The predicted octanol–water partition coefficient (Wildman–Crippen LogP) is 13.1. The number of hydrogen-bond acceptors (Lipinski definition) is 0. The number of benzene rings is 6. The Bertz CT molecular complexity index is 2050. The van der Waals surface area contributed by atoms with Gasteiger partial charge < -0.3 is 0 Å². The summed E-state index contributed by atoms with van der Waals surface area (Å²) in [5.74, 6) is 0. The first-order valence-corrected chi connectivity index (χ1v) is 22.4. The van der Waals surface area contributed by atoms with Gasteiger partial charge in [-0.1, -0.05) is 192 Å². The fourth-order valence-electron chi connectivity index (χ4n) is 6.88. The molecule has 0 aromatic heterocycles. The summed E-state index contributed by atoms with van der Waals surface area (Å²) >= 11 is 13.0. The van der Waals surface area contributed by atoms with Crippen LogP contribution in [0.1, 0.15) is 63.8 Å². The van der Waals surface area contributed by atoms with Crippen molar-refractivity contribution in [3.8, 4) is 33.4 Å². The van der Waals surface area contributed by atoms with Gasteiger partial charge in [-0.25, -0.2) is 12.1 Å². The number of halogens is 2. The molecule has 0 nitrogen and oxygen atoms in total. The molecule has 0 unspecified atom stereocenters. The maximum atomic E-state index is 6.49. The largest absolute Gasteiger partial charge is 2.00 e. The van der Waals surface area contributed by atoms with Crippen molar-refractivity contribution in [1.29, 1.82) is 0 Å². The van der Waals surface area contributed by atoms with Crippen molar-refractivity contribution in [3.63, 3.8) is 0 Å². The van der Waals surface area contributed by atoms with E-state index in [-0.39, 0.29) is 37.0 Å². The van der Waals surface area contributed by atoms with Gasteiger partial charge >= 0.3 is 32.9 Å². The summed E-state index contributed by atoms with van der Waals surface area (Å²) in [6, 6.07) is 62.6. The zero-order valence-corrected chi connectivity index (χ0v) is 37.1. The average Bonchev–Trinajstić information content (AvgIpc) is 3.87. The minimum Gasteiger partial charge on any atom is -0.214 e. The van der Waals surface area contributed by atoms with Crippen LogP contribution >= 0.6 is 22.2 Å². The summed E-state index contributed by atoms with van der Waals surface area (Å²) in [6.45, 7) is 11.4. The summed E-state index contributed by atoms with van der Waals surface area (Å²) in [5.41, 5.74) is 13.5. The number of fused-ring (bicyclic) bond motifs is 3. The van der Waals surface area contributed by atoms with Crippen LogP contribution in [-0.4, -0.2) is 6.69 Å². The number of hydrogen-bond donors (Lipinski definition) is 0. The molecule has 0 aliphatic heterocycles. The average molecular weight is 839 g/mol. The Morgan fingerprint density at radius 1 is 0.519 bits per heavy atom. The Balaban J connectivity index is 0.000000220. The standard InChI is InChI=1S/C33H33.C12H10Cl2Si.C5H5.Zr/c1-32(2,3)30-20-26-24(18-28(30)22-13-9-7-10-14-22)17-25-19-29(23-15-11-8-12-16-23)31(21-27(25)26)33(4,5)6;13-15(14,11-7-3-1-4-8-11)12-9-5-2-6-10-12;1-2-4-5-3-1;/h7-16,18,20-21H,17H2,1-6H3;1-10H;1-5H;/q-1;;-1;+2. The zero-order chi connectivity index (χ0) is 37.6. The van der Waals surface area contributed by atoms with Gasteiger partial charge in [0.2, 0.25) is 0 Å². The van der Waals surface area contributed by atoms with E-state index in [2.05, 4.69) is 126 Å². The minimum absolute atomic E-state index is 0. The molecule has 4 heteroatoms. The van der Waals surface area contributed by atoms with E-state index in [1.165, 1.54) is 55.6 Å². The molecule has 0 amide bonds. The smallest absolute Gasteiger partial charge is 0.214 e. The molecule has 270 valence electrons. The van der Waals surface area contributed by atoms with Gasteiger partial charge in [0.25, 0.3) is 0 Å². The molecule has 0 heterocycles. The first-order valence-electron chi connectivity index (χ1n) is 18.4. The van der Waals surface area contributed by atoms with E-state index in [9.17, 15) is 0 Å². The van der Waals surface area contributed by atoms with E-state index >= 15 is 0 Å². The van der Waals surface area contributed by atoms with Gasteiger partial charge in [-0.3, -0.25) is 0 Å². The van der Waals surface area contributed by atoms with Crippen molar-refractivity contribution in [1.82, 2.24) is 0 Å². The van der Waals surface area contributed by atoms with Gasteiger partial charge in [-0.15, -0.1) is 51.0 Å². The third-order valence-electron chi connectivity index (χ3n) is 9.65. The first-order chi connectivity index (χ1) is 25.3. The van der Waals surface area contributed by atoms with E-state index in [0.29, 0.717) is 0 Å². The van der Waals surface area contributed by atoms with Gasteiger partial charge in [-0.05, 0) is 49.9 Å². The summed E-state index contributed by atoms with van der Waals surface area (Å²) in [4.78, 5) is 0. The summed E-state index contributed by atoms with van der Waals surface area (Å²) in [7, 11) is 0. The molecule has 0 radical (unpaired) electrons. The molecule has 1 aliphatic carbocycles. The molecule has 0 saturated carbocycles. The fraction of sp³-hybridized carbons (Fsp3) is 0.180. The summed E-state index contributed by atoms with van der Waals surface area (Å²) in [6.07, 6.45) is 0.944. The molecular weight excluding hydrogens is 791 g/mol. The third-order valence-corrected chi connectivity index (χ3v) is 14.4. The molecule has 7 aromatic rings. The predicted molar refractivity (Wildman–Crippen MR) is 233 cm³/mol. The van der Waals surface area contributed by atoms with Crippen molar-refractivity contribution in [2.45, 2.75) is 58.8 Å². The molecular formula is C50H48Cl2SiZr. The maximum absolute atomic E-state index is 6.49. The monoisotopic (exact) mass is 836 g/mol. The quantitative estimate of drug-likeness (QED) is 0.0941. The number of rotatable bonds is 4. The van der Waals surface area contributed by atoms with E-state index in [0.717, 1.165) is 16.8 Å². The fourth-order valence-corrected chi connectivity index (χ4v) is 9.95. The zero-order valence-electron chi connectivity index (χ0n) is 32.1. The maximum Gasteiger partial charge on any atom is 2.00 e. The van der Waals surface area contributed by atoms with Gasteiger partial charge in [0.05, 0.1) is 0 Å². The van der Waals surface area contributed by atoms with Crippen LogP contribution in [0, 0.1) is 6.07 Å². The molecule has 0 spiro atoms. The van der Waals surface area contributed by atoms with Gasteiger partial charge in [-0.2, -0.15) is 18.2 Å². The van der Waals surface area contributed by atoms with Crippen LogP contribution in [0.15, 0.2) is 170 Å². The van der Waals surface area contributed by atoms with Crippen LogP contribution < -0.4 is 10.4 Å². The van der Waals surface area contributed by atoms with Crippen LogP contribution in [-0.2, 0) is 43.5 Å². The second-order valence-electron chi connectivity index (χ2n) is 15.7. The molecule has 0 N–H and O–H groups in total. The van der Waals surface area contributed by atoms with Crippen molar-refractivity contribution < 1.29 is 26.2 Å². The van der Waals surface area contributed by atoms with Gasteiger partial charge in [0, 0.05) is 0 Å².